The van der Waals surface area contributed by atoms with E-state index in [1.165, 1.54) is 11.1 Å². The number of ether oxygens (including phenoxy) is 1. The number of benzene rings is 2. The molecular weight excluding hydrogens is 372 g/mol. The molecule has 6 nitrogen and oxygen atoms in total. The minimum atomic E-state index is -1.09. The average molecular weight is 386 g/mol. The van der Waals surface area contributed by atoms with E-state index < -0.39 is 5.97 Å². The van der Waals surface area contributed by atoms with Crippen LogP contribution in [0.1, 0.15) is 15.9 Å². The molecule has 0 radical (unpaired) electrons. The molecule has 0 aromatic heterocycles. The van der Waals surface area contributed by atoms with Gasteiger partial charge in [0.25, 0.3) is 5.91 Å². The van der Waals surface area contributed by atoms with Crippen molar-refractivity contribution in [3.05, 3.63) is 64.6 Å². The van der Waals surface area contributed by atoms with Crippen molar-refractivity contribution in [3.63, 3.8) is 0 Å². The predicted octanol–water partition coefficient (Wildman–Crippen LogP) is 3.62. The smallest absolute Gasteiger partial charge is 0.337 e. The number of aromatic carboxylic acids is 1. The van der Waals surface area contributed by atoms with Crippen LogP contribution < -0.4 is 10.2 Å². The van der Waals surface area contributed by atoms with Crippen LogP contribution >= 0.6 is 24.0 Å². The summed E-state index contributed by atoms with van der Waals surface area (Å²) < 4.78 is 5.58. The van der Waals surface area contributed by atoms with E-state index in [0.29, 0.717) is 10.7 Å². The Balaban J connectivity index is 1.88. The predicted molar refractivity (Wildman–Crippen MR) is 105 cm³/mol. The Labute approximate surface area is 159 Å². The molecule has 2 aromatic rings. The molecule has 3 rings (SSSR count). The van der Waals surface area contributed by atoms with Crippen LogP contribution in [0.25, 0.3) is 6.08 Å². The van der Waals surface area contributed by atoms with Crippen molar-refractivity contribution < 1.29 is 19.4 Å². The summed E-state index contributed by atoms with van der Waals surface area (Å²) in [6.45, 7) is 0. The zero-order chi connectivity index (χ0) is 18.7. The number of hydrogen-bond donors (Lipinski definition) is 2. The SMILES string of the molecule is COc1ccccc1/C=C1\SC(=S)N(Nc2ccccc2C(=O)O)C1=O. The first kappa shape index (κ1) is 18.0. The number of carbonyl (C=O) groups is 2. The van der Waals surface area contributed by atoms with Gasteiger partial charge in [-0.25, -0.2) is 9.80 Å². The minimum Gasteiger partial charge on any atom is -0.496 e. The van der Waals surface area contributed by atoms with Crippen molar-refractivity contribution in [3.8, 4) is 5.75 Å². The number of carboxylic acid groups (broad SMARTS) is 1. The molecule has 0 saturated carbocycles. The van der Waals surface area contributed by atoms with Gasteiger partial charge in [-0.05, 0) is 36.5 Å². The van der Waals surface area contributed by atoms with E-state index in [0.717, 1.165) is 17.3 Å². The van der Waals surface area contributed by atoms with Gasteiger partial charge in [0, 0.05) is 5.56 Å². The van der Waals surface area contributed by atoms with Gasteiger partial charge < -0.3 is 9.84 Å². The van der Waals surface area contributed by atoms with Crippen LogP contribution in [0.5, 0.6) is 5.75 Å². The van der Waals surface area contributed by atoms with Gasteiger partial charge in [-0.2, -0.15) is 0 Å². The zero-order valence-electron chi connectivity index (χ0n) is 13.6. The lowest BCUT2D eigenvalue weighted by Crippen LogP contribution is -2.34. The standard InChI is InChI=1S/C18H14N2O4S2/c1-24-14-9-5-2-6-11(14)10-15-16(21)20(18(25)26-15)19-13-8-4-3-7-12(13)17(22)23/h2-10,19H,1H3,(H,22,23)/b15-10-. The second kappa shape index (κ2) is 7.59. The van der Waals surface area contributed by atoms with Gasteiger partial charge in [0.15, 0.2) is 4.32 Å². The van der Waals surface area contributed by atoms with Crippen LogP contribution in [0.3, 0.4) is 0 Å². The maximum Gasteiger partial charge on any atom is 0.337 e. The monoisotopic (exact) mass is 386 g/mol. The van der Waals surface area contributed by atoms with Gasteiger partial charge in [-0.15, -0.1) is 0 Å². The molecule has 1 amide bonds. The summed E-state index contributed by atoms with van der Waals surface area (Å²) in [5.74, 6) is -0.809. The molecule has 1 heterocycles. The minimum absolute atomic E-state index is 0.0512. The zero-order valence-corrected chi connectivity index (χ0v) is 15.3. The van der Waals surface area contributed by atoms with Crippen molar-refractivity contribution >= 4 is 51.9 Å². The molecular formula is C18H14N2O4S2. The summed E-state index contributed by atoms with van der Waals surface area (Å²) in [4.78, 5) is 24.4. The van der Waals surface area contributed by atoms with Crippen molar-refractivity contribution in [1.82, 2.24) is 5.01 Å². The summed E-state index contributed by atoms with van der Waals surface area (Å²) in [7, 11) is 1.56. The lowest BCUT2D eigenvalue weighted by molar-refractivity contribution is -0.121. The van der Waals surface area contributed by atoms with Crippen molar-refractivity contribution in [1.29, 1.82) is 0 Å². The quantitative estimate of drug-likeness (QED) is 0.600. The fraction of sp³-hybridized carbons (Fsp3) is 0.0556. The van der Waals surface area contributed by atoms with Crippen LogP contribution in [0.4, 0.5) is 5.69 Å². The Morgan fingerprint density at radius 1 is 1.23 bits per heavy atom. The number of thiocarbonyl (C=S) groups is 1. The molecule has 0 bridgehead atoms. The maximum absolute atomic E-state index is 12.7. The molecule has 26 heavy (non-hydrogen) atoms. The number of thioether (sulfide) groups is 1. The van der Waals surface area contributed by atoms with Gasteiger partial charge in [-0.3, -0.25) is 10.2 Å². The van der Waals surface area contributed by atoms with E-state index in [2.05, 4.69) is 5.43 Å². The number of carboxylic acids is 1. The highest BCUT2D eigenvalue weighted by Gasteiger charge is 2.33. The normalized spacial score (nSPS) is 15.4. The molecule has 0 unspecified atom stereocenters. The van der Waals surface area contributed by atoms with Crippen molar-refractivity contribution in [2.45, 2.75) is 0 Å². The number of hydrazine groups is 1. The maximum atomic E-state index is 12.7. The number of nitrogens with one attached hydrogen (secondary N) is 1. The molecule has 8 heteroatoms. The number of nitrogens with zero attached hydrogens (tertiary/aromatic N) is 1. The Morgan fingerprint density at radius 2 is 1.92 bits per heavy atom. The summed E-state index contributed by atoms with van der Waals surface area (Å²) in [6, 6.07) is 13.6. The summed E-state index contributed by atoms with van der Waals surface area (Å²) in [5.41, 5.74) is 3.89. The van der Waals surface area contributed by atoms with E-state index in [1.54, 1.807) is 37.5 Å². The largest absolute Gasteiger partial charge is 0.496 e. The van der Waals surface area contributed by atoms with E-state index >= 15 is 0 Å². The summed E-state index contributed by atoms with van der Waals surface area (Å²) in [6.07, 6.45) is 1.70. The third-order valence-electron chi connectivity index (χ3n) is 3.61. The van der Waals surface area contributed by atoms with Gasteiger partial charge in [-0.1, -0.05) is 42.1 Å². The lowest BCUT2D eigenvalue weighted by Gasteiger charge is -2.18. The molecule has 132 valence electrons. The van der Waals surface area contributed by atoms with Gasteiger partial charge in [0.1, 0.15) is 5.75 Å². The Bertz CT molecular complexity index is 927. The van der Waals surface area contributed by atoms with Crippen LogP contribution in [-0.2, 0) is 4.79 Å². The number of amides is 1. The van der Waals surface area contributed by atoms with Crippen LogP contribution in [-0.4, -0.2) is 33.4 Å². The number of methoxy groups -OCH3 is 1. The number of anilines is 1. The Morgan fingerprint density at radius 3 is 2.65 bits per heavy atom. The van der Waals surface area contributed by atoms with Gasteiger partial charge >= 0.3 is 5.97 Å². The first-order valence-corrected chi connectivity index (χ1v) is 8.73. The van der Waals surface area contributed by atoms with Crippen molar-refractivity contribution in [2.75, 3.05) is 12.5 Å². The number of para-hydroxylation sites is 2. The van der Waals surface area contributed by atoms with E-state index in [4.69, 9.17) is 17.0 Å². The highest BCUT2D eigenvalue weighted by atomic mass is 32.2. The lowest BCUT2D eigenvalue weighted by atomic mass is 10.2. The topological polar surface area (TPSA) is 78.9 Å². The first-order chi connectivity index (χ1) is 12.5. The molecule has 1 aliphatic rings. The fourth-order valence-electron chi connectivity index (χ4n) is 2.38. The highest BCUT2D eigenvalue weighted by Crippen LogP contribution is 2.34. The fourth-order valence-corrected chi connectivity index (χ4v) is 3.55. The molecule has 2 aromatic carbocycles. The third kappa shape index (κ3) is 3.56. The number of carbonyl (C=O) groups excluding carboxylic acids is 1. The van der Waals surface area contributed by atoms with Crippen molar-refractivity contribution in [2.24, 2.45) is 0 Å². The molecule has 1 fully saturated rings. The summed E-state index contributed by atoms with van der Waals surface area (Å²) >= 11 is 6.40. The first-order valence-electron chi connectivity index (χ1n) is 7.51. The van der Waals surface area contributed by atoms with E-state index in [1.807, 2.05) is 18.2 Å². The van der Waals surface area contributed by atoms with E-state index in [9.17, 15) is 14.7 Å². The molecule has 1 aliphatic heterocycles. The molecule has 0 aliphatic carbocycles. The Kier molecular flexibility index (Phi) is 5.24. The highest BCUT2D eigenvalue weighted by molar-refractivity contribution is 8.26. The molecule has 0 atom stereocenters. The van der Waals surface area contributed by atoms with Gasteiger partial charge in [0.05, 0.1) is 23.3 Å². The molecule has 2 N–H and O–H groups in total. The van der Waals surface area contributed by atoms with Gasteiger partial charge in [0.2, 0.25) is 0 Å². The second-order valence-electron chi connectivity index (χ2n) is 5.22. The average Bonchev–Trinajstić information content (AvgIpc) is 2.90. The molecule has 0 spiro atoms. The number of hydrogen-bond acceptors (Lipinski definition) is 6. The van der Waals surface area contributed by atoms with E-state index in [-0.39, 0.29) is 21.5 Å². The van der Waals surface area contributed by atoms with Crippen LogP contribution in [0.2, 0.25) is 0 Å². The Hall–Kier alpha value is -2.84. The number of rotatable bonds is 5. The molecule has 1 saturated heterocycles. The second-order valence-corrected chi connectivity index (χ2v) is 6.90. The summed E-state index contributed by atoms with van der Waals surface area (Å²) in [5, 5.41) is 10.4. The van der Waals surface area contributed by atoms with Crippen LogP contribution in [0, 0.1) is 0 Å². The third-order valence-corrected chi connectivity index (χ3v) is 4.91. The van der Waals surface area contributed by atoms with Crippen LogP contribution in [0.15, 0.2) is 53.4 Å².